The Morgan fingerprint density at radius 1 is 1.14 bits per heavy atom. The summed E-state index contributed by atoms with van der Waals surface area (Å²) in [6, 6.07) is 6.64. The van der Waals surface area contributed by atoms with Crippen molar-refractivity contribution < 1.29 is 4.74 Å². The molecule has 1 aromatic carbocycles. The highest BCUT2D eigenvalue weighted by Crippen LogP contribution is 2.32. The molecule has 0 bridgehead atoms. The molecule has 0 atom stereocenters. The fraction of sp³-hybridized carbons (Fsp3) is 0.667. The Labute approximate surface area is 134 Å². The molecule has 0 aromatic heterocycles. The largest absolute Gasteiger partial charge is 0.492 e. The van der Waals surface area contributed by atoms with E-state index in [0.717, 1.165) is 23.8 Å². The van der Waals surface area contributed by atoms with E-state index in [1.54, 1.807) is 0 Å². The first-order valence-corrected chi connectivity index (χ1v) is 8.79. The van der Waals surface area contributed by atoms with Gasteiger partial charge in [-0.25, -0.2) is 0 Å². The smallest absolute Gasteiger partial charge is 0.138 e. The van der Waals surface area contributed by atoms with Crippen molar-refractivity contribution in [2.45, 2.75) is 64.8 Å². The maximum absolute atomic E-state index is 6.28. The minimum absolute atomic E-state index is 0.594. The van der Waals surface area contributed by atoms with Gasteiger partial charge in [-0.3, -0.25) is 0 Å². The molecule has 0 heterocycles. The quantitative estimate of drug-likeness (QED) is 0.677. The second-order valence-electron chi connectivity index (χ2n) is 6.14. The van der Waals surface area contributed by atoms with Crippen LogP contribution in [0.15, 0.2) is 18.2 Å². The Hall–Kier alpha value is -0.890. The van der Waals surface area contributed by atoms with Crippen molar-refractivity contribution in [2.24, 2.45) is 5.92 Å². The predicted octanol–water partition coefficient (Wildman–Crippen LogP) is 5.90. The fourth-order valence-corrected chi connectivity index (χ4v) is 3.39. The monoisotopic (exact) mass is 309 g/mol. The molecule has 2 rings (SSSR count). The zero-order valence-electron chi connectivity index (χ0n) is 13.3. The van der Waals surface area contributed by atoms with E-state index in [1.165, 1.54) is 38.5 Å². The number of rotatable bonds is 7. The maximum Gasteiger partial charge on any atom is 0.138 e. The lowest BCUT2D eigenvalue weighted by atomic mass is 9.83. The number of ether oxygens (including phenoxy) is 1. The SMILES string of the molecule is CCCOc1ccc(NC2CCC(CCC)CC2)cc1Cl. The van der Waals surface area contributed by atoms with Crippen molar-refractivity contribution in [2.75, 3.05) is 11.9 Å². The molecule has 1 fully saturated rings. The van der Waals surface area contributed by atoms with Gasteiger partial charge in [-0.2, -0.15) is 0 Å². The molecule has 0 unspecified atom stereocenters. The summed E-state index contributed by atoms with van der Waals surface area (Å²) in [5.41, 5.74) is 1.11. The average molecular weight is 310 g/mol. The van der Waals surface area contributed by atoms with Crippen molar-refractivity contribution in [3.63, 3.8) is 0 Å². The van der Waals surface area contributed by atoms with E-state index >= 15 is 0 Å². The van der Waals surface area contributed by atoms with Gasteiger partial charge < -0.3 is 10.1 Å². The van der Waals surface area contributed by atoms with Crippen LogP contribution in [-0.4, -0.2) is 12.6 Å². The molecular weight excluding hydrogens is 282 g/mol. The fourth-order valence-electron chi connectivity index (χ4n) is 3.16. The van der Waals surface area contributed by atoms with E-state index in [2.05, 4.69) is 25.2 Å². The zero-order valence-corrected chi connectivity index (χ0v) is 14.1. The molecule has 0 spiro atoms. The summed E-state index contributed by atoms with van der Waals surface area (Å²) in [6.45, 7) is 5.10. The van der Waals surface area contributed by atoms with Gasteiger partial charge in [-0.15, -0.1) is 0 Å². The molecule has 21 heavy (non-hydrogen) atoms. The summed E-state index contributed by atoms with van der Waals surface area (Å²) >= 11 is 6.28. The molecule has 3 heteroatoms. The van der Waals surface area contributed by atoms with Gasteiger partial charge in [0.15, 0.2) is 0 Å². The molecule has 1 saturated carbocycles. The van der Waals surface area contributed by atoms with Crippen LogP contribution in [0.2, 0.25) is 5.02 Å². The Bertz CT molecular complexity index is 427. The van der Waals surface area contributed by atoms with E-state index in [0.29, 0.717) is 17.7 Å². The van der Waals surface area contributed by atoms with Crippen LogP contribution in [0.3, 0.4) is 0 Å². The van der Waals surface area contributed by atoms with Gasteiger partial charge in [0.05, 0.1) is 11.6 Å². The lowest BCUT2D eigenvalue weighted by molar-refractivity contribution is 0.317. The average Bonchev–Trinajstić information content (AvgIpc) is 2.49. The van der Waals surface area contributed by atoms with Gasteiger partial charge in [-0.1, -0.05) is 38.3 Å². The molecule has 0 saturated heterocycles. The first-order chi connectivity index (χ1) is 10.2. The minimum Gasteiger partial charge on any atom is -0.492 e. The lowest BCUT2D eigenvalue weighted by Crippen LogP contribution is -2.26. The highest BCUT2D eigenvalue weighted by Gasteiger charge is 2.20. The van der Waals surface area contributed by atoms with Crippen LogP contribution in [0.4, 0.5) is 5.69 Å². The van der Waals surface area contributed by atoms with Gasteiger partial charge in [0.1, 0.15) is 5.75 Å². The van der Waals surface area contributed by atoms with Crippen LogP contribution < -0.4 is 10.1 Å². The van der Waals surface area contributed by atoms with E-state index < -0.39 is 0 Å². The summed E-state index contributed by atoms with van der Waals surface area (Å²) in [6.07, 6.45) is 8.97. The number of hydrogen-bond acceptors (Lipinski definition) is 2. The Morgan fingerprint density at radius 2 is 1.90 bits per heavy atom. The van der Waals surface area contributed by atoms with Crippen LogP contribution in [-0.2, 0) is 0 Å². The van der Waals surface area contributed by atoms with E-state index in [-0.39, 0.29) is 0 Å². The van der Waals surface area contributed by atoms with Crippen molar-refractivity contribution in [3.8, 4) is 5.75 Å². The third kappa shape index (κ3) is 5.10. The molecule has 1 N–H and O–H groups in total. The van der Waals surface area contributed by atoms with Gasteiger partial charge in [0.25, 0.3) is 0 Å². The molecule has 1 aliphatic rings. The summed E-state index contributed by atoms with van der Waals surface area (Å²) in [4.78, 5) is 0. The number of anilines is 1. The van der Waals surface area contributed by atoms with E-state index in [4.69, 9.17) is 16.3 Å². The van der Waals surface area contributed by atoms with Gasteiger partial charge in [-0.05, 0) is 56.2 Å². The molecule has 0 aliphatic heterocycles. The molecule has 1 aliphatic carbocycles. The molecule has 0 radical (unpaired) electrons. The third-order valence-electron chi connectivity index (χ3n) is 4.31. The molecule has 1 aromatic rings. The predicted molar refractivity (Wildman–Crippen MR) is 91.5 cm³/mol. The Balaban J connectivity index is 1.85. The van der Waals surface area contributed by atoms with Crippen molar-refractivity contribution >= 4 is 17.3 Å². The molecule has 2 nitrogen and oxygen atoms in total. The Kier molecular flexibility index (Phi) is 6.69. The summed E-state index contributed by atoms with van der Waals surface area (Å²) < 4.78 is 5.61. The van der Waals surface area contributed by atoms with Crippen LogP contribution >= 0.6 is 11.6 Å². The van der Waals surface area contributed by atoms with Crippen molar-refractivity contribution in [3.05, 3.63) is 23.2 Å². The maximum atomic E-state index is 6.28. The summed E-state index contributed by atoms with van der Waals surface area (Å²) in [5, 5.41) is 4.33. The highest BCUT2D eigenvalue weighted by molar-refractivity contribution is 6.32. The normalized spacial score (nSPS) is 22.0. The second kappa shape index (κ2) is 8.53. The number of halogens is 1. The number of nitrogens with one attached hydrogen (secondary N) is 1. The molecule has 118 valence electrons. The Morgan fingerprint density at radius 3 is 2.52 bits per heavy atom. The second-order valence-corrected chi connectivity index (χ2v) is 6.55. The minimum atomic E-state index is 0.594. The first kappa shape index (κ1) is 16.5. The van der Waals surface area contributed by atoms with Gasteiger partial charge in [0, 0.05) is 11.7 Å². The standard InChI is InChI=1S/C18H28ClNO/c1-3-5-14-6-8-15(9-7-14)20-16-10-11-18(17(19)13-16)21-12-4-2/h10-11,13-15,20H,3-9,12H2,1-2H3. The van der Waals surface area contributed by atoms with Crippen LogP contribution in [0.25, 0.3) is 0 Å². The van der Waals surface area contributed by atoms with Gasteiger partial charge in [0.2, 0.25) is 0 Å². The lowest BCUT2D eigenvalue weighted by Gasteiger charge is -2.29. The molecule has 0 amide bonds. The highest BCUT2D eigenvalue weighted by atomic mass is 35.5. The number of benzene rings is 1. The zero-order chi connectivity index (χ0) is 15.1. The summed E-state index contributed by atoms with van der Waals surface area (Å²) in [5.74, 6) is 1.73. The van der Waals surface area contributed by atoms with Gasteiger partial charge >= 0.3 is 0 Å². The molecular formula is C18H28ClNO. The van der Waals surface area contributed by atoms with E-state index in [9.17, 15) is 0 Å². The third-order valence-corrected chi connectivity index (χ3v) is 4.60. The topological polar surface area (TPSA) is 21.3 Å². The van der Waals surface area contributed by atoms with Crippen LogP contribution in [0.1, 0.15) is 58.8 Å². The first-order valence-electron chi connectivity index (χ1n) is 8.41. The summed E-state index contributed by atoms with van der Waals surface area (Å²) in [7, 11) is 0. The van der Waals surface area contributed by atoms with Crippen molar-refractivity contribution in [1.82, 2.24) is 0 Å². The van der Waals surface area contributed by atoms with Crippen molar-refractivity contribution in [1.29, 1.82) is 0 Å². The van der Waals surface area contributed by atoms with E-state index in [1.807, 2.05) is 12.1 Å². The van der Waals surface area contributed by atoms with Crippen LogP contribution in [0, 0.1) is 5.92 Å². The number of hydrogen-bond donors (Lipinski definition) is 1. The van der Waals surface area contributed by atoms with Crippen LogP contribution in [0.5, 0.6) is 5.75 Å².